The fraction of sp³-hybridized carbons (Fsp3) is 0.182. The van der Waals surface area contributed by atoms with E-state index in [0.29, 0.717) is 28.4 Å². The Bertz CT molecular complexity index is 528. The summed E-state index contributed by atoms with van der Waals surface area (Å²) in [6, 6.07) is 3.42. The van der Waals surface area contributed by atoms with Crippen molar-refractivity contribution < 1.29 is 13.9 Å². The molecule has 0 spiro atoms. The van der Waals surface area contributed by atoms with Crippen molar-refractivity contribution in [1.29, 1.82) is 0 Å². The van der Waals surface area contributed by atoms with E-state index in [1.54, 1.807) is 12.1 Å². The van der Waals surface area contributed by atoms with Gasteiger partial charge in [0.1, 0.15) is 11.3 Å². The number of hydrogen-bond donors (Lipinski definition) is 0. The van der Waals surface area contributed by atoms with E-state index >= 15 is 0 Å². The summed E-state index contributed by atoms with van der Waals surface area (Å²) in [7, 11) is 1.53. The number of carbonyl (C=O) groups is 1. The Hall–Kier alpha value is -1.48. The van der Waals surface area contributed by atoms with Gasteiger partial charge in [0.05, 0.1) is 12.1 Å². The van der Waals surface area contributed by atoms with E-state index in [2.05, 4.69) is 0 Å². The minimum atomic E-state index is 0.328. The van der Waals surface area contributed by atoms with Crippen molar-refractivity contribution in [2.24, 2.45) is 0 Å². The highest BCUT2D eigenvalue weighted by Crippen LogP contribution is 2.33. The predicted molar refractivity (Wildman–Crippen MR) is 57.9 cm³/mol. The first kappa shape index (κ1) is 10.1. The van der Waals surface area contributed by atoms with Gasteiger partial charge in [-0.25, -0.2) is 0 Å². The fourth-order valence-electron chi connectivity index (χ4n) is 1.51. The number of rotatable bonds is 2. The monoisotopic (exact) mass is 224 g/mol. The Kier molecular flexibility index (Phi) is 2.40. The summed E-state index contributed by atoms with van der Waals surface area (Å²) in [5.74, 6) is 0.865. The molecule has 0 aliphatic rings. The lowest BCUT2D eigenvalue weighted by Crippen LogP contribution is -1.83. The van der Waals surface area contributed by atoms with Gasteiger partial charge in [0, 0.05) is 17.0 Å². The Morgan fingerprint density at radius 2 is 2.20 bits per heavy atom. The number of fused-ring (bicyclic) bond motifs is 1. The molecule has 0 amide bonds. The van der Waals surface area contributed by atoms with Crippen LogP contribution < -0.4 is 4.74 Å². The molecule has 1 aromatic carbocycles. The Labute approximate surface area is 91.6 Å². The van der Waals surface area contributed by atoms with Crippen LogP contribution in [0.4, 0.5) is 0 Å². The molecule has 0 saturated heterocycles. The number of aldehydes is 1. The first-order valence-electron chi connectivity index (χ1n) is 4.39. The lowest BCUT2D eigenvalue weighted by Gasteiger charge is -2.01. The second-order valence-electron chi connectivity index (χ2n) is 3.19. The minimum Gasteiger partial charge on any atom is -0.495 e. The average Bonchev–Trinajstić information content (AvgIpc) is 2.54. The summed E-state index contributed by atoms with van der Waals surface area (Å²) in [6.45, 7) is 1.82. The summed E-state index contributed by atoms with van der Waals surface area (Å²) in [5.41, 5.74) is 1.40. The molecule has 0 aliphatic carbocycles. The van der Waals surface area contributed by atoms with Crippen molar-refractivity contribution in [3.8, 4) is 5.75 Å². The van der Waals surface area contributed by atoms with Crippen LogP contribution in [0.3, 0.4) is 0 Å². The second-order valence-corrected chi connectivity index (χ2v) is 3.60. The molecule has 78 valence electrons. The average molecular weight is 225 g/mol. The molecule has 4 heteroatoms. The maximum Gasteiger partial charge on any atom is 0.185 e. The number of halogens is 1. The number of aryl methyl sites for hydroxylation is 1. The van der Waals surface area contributed by atoms with Crippen LogP contribution >= 0.6 is 11.6 Å². The van der Waals surface area contributed by atoms with Gasteiger partial charge in [-0.3, -0.25) is 4.79 Å². The Balaban J connectivity index is 2.78. The summed E-state index contributed by atoms with van der Waals surface area (Å²) >= 11 is 5.97. The van der Waals surface area contributed by atoms with Crippen molar-refractivity contribution in [3.05, 3.63) is 28.5 Å². The molecule has 0 unspecified atom stereocenters. The molecule has 3 nitrogen and oxygen atoms in total. The van der Waals surface area contributed by atoms with Gasteiger partial charge in [0.15, 0.2) is 12.0 Å². The minimum absolute atomic E-state index is 0.328. The molecule has 0 fully saturated rings. The molecule has 0 atom stereocenters. The first-order valence-corrected chi connectivity index (χ1v) is 4.77. The van der Waals surface area contributed by atoms with Gasteiger partial charge < -0.3 is 9.15 Å². The molecule has 0 N–H and O–H groups in total. The molecule has 0 radical (unpaired) electrons. The SMILES string of the molecule is COc1cc2oc(C=O)c(C)c2cc1Cl. The zero-order valence-corrected chi connectivity index (χ0v) is 9.09. The fourth-order valence-corrected chi connectivity index (χ4v) is 1.75. The number of furan rings is 1. The van der Waals surface area contributed by atoms with E-state index in [1.807, 2.05) is 6.92 Å². The maximum absolute atomic E-state index is 10.7. The van der Waals surface area contributed by atoms with E-state index in [0.717, 1.165) is 10.9 Å². The van der Waals surface area contributed by atoms with E-state index < -0.39 is 0 Å². The summed E-state index contributed by atoms with van der Waals surface area (Å²) in [6.07, 6.45) is 0.690. The molecule has 15 heavy (non-hydrogen) atoms. The van der Waals surface area contributed by atoms with Crippen LogP contribution in [0.25, 0.3) is 11.0 Å². The van der Waals surface area contributed by atoms with Gasteiger partial charge in [-0.05, 0) is 13.0 Å². The molecular weight excluding hydrogens is 216 g/mol. The van der Waals surface area contributed by atoms with E-state index in [1.165, 1.54) is 7.11 Å². The maximum atomic E-state index is 10.7. The lowest BCUT2D eigenvalue weighted by molar-refractivity contribution is 0.110. The van der Waals surface area contributed by atoms with Gasteiger partial charge >= 0.3 is 0 Å². The molecule has 2 rings (SSSR count). The van der Waals surface area contributed by atoms with Crippen LogP contribution in [0.1, 0.15) is 16.1 Å². The van der Waals surface area contributed by atoms with E-state index in [9.17, 15) is 4.79 Å². The predicted octanol–water partition coefficient (Wildman–Crippen LogP) is 3.22. The van der Waals surface area contributed by atoms with Crippen molar-refractivity contribution in [3.63, 3.8) is 0 Å². The van der Waals surface area contributed by atoms with Crippen molar-refractivity contribution in [2.75, 3.05) is 7.11 Å². The summed E-state index contributed by atoms with van der Waals surface area (Å²) < 4.78 is 10.4. The molecule has 1 aromatic heterocycles. The van der Waals surface area contributed by atoms with Crippen LogP contribution in [0.15, 0.2) is 16.5 Å². The summed E-state index contributed by atoms with van der Waals surface area (Å²) in [5, 5.41) is 1.34. The Morgan fingerprint density at radius 3 is 2.80 bits per heavy atom. The quantitative estimate of drug-likeness (QED) is 0.736. The highest BCUT2D eigenvalue weighted by molar-refractivity contribution is 6.32. The normalized spacial score (nSPS) is 10.6. The van der Waals surface area contributed by atoms with Crippen LogP contribution in [0.2, 0.25) is 5.02 Å². The molecular formula is C11H9ClO3. The molecule has 0 saturated carbocycles. The molecule has 2 aromatic rings. The zero-order valence-electron chi connectivity index (χ0n) is 8.33. The Morgan fingerprint density at radius 1 is 1.47 bits per heavy atom. The third-order valence-electron chi connectivity index (χ3n) is 2.35. The molecule has 0 aliphatic heterocycles. The van der Waals surface area contributed by atoms with Crippen molar-refractivity contribution in [2.45, 2.75) is 6.92 Å². The lowest BCUT2D eigenvalue weighted by atomic mass is 10.1. The van der Waals surface area contributed by atoms with Gasteiger partial charge in [-0.15, -0.1) is 0 Å². The van der Waals surface area contributed by atoms with Gasteiger partial charge in [-0.1, -0.05) is 11.6 Å². The highest BCUT2D eigenvalue weighted by Gasteiger charge is 2.12. The third-order valence-corrected chi connectivity index (χ3v) is 2.65. The third kappa shape index (κ3) is 1.49. The van der Waals surface area contributed by atoms with Crippen LogP contribution in [0.5, 0.6) is 5.75 Å². The topological polar surface area (TPSA) is 39.4 Å². The van der Waals surface area contributed by atoms with Crippen molar-refractivity contribution in [1.82, 2.24) is 0 Å². The van der Waals surface area contributed by atoms with E-state index in [4.69, 9.17) is 20.8 Å². The first-order chi connectivity index (χ1) is 7.17. The largest absolute Gasteiger partial charge is 0.495 e. The smallest absolute Gasteiger partial charge is 0.185 e. The zero-order chi connectivity index (χ0) is 11.0. The highest BCUT2D eigenvalue weighted by atomic mass is 35.5. The van der Waals surface area contributed by atoms with Crippen LogP contribution in [-0.4, -0.2) is 13.4 Å². The van der Waals surface area contributed by atoms with Gasteiger partial charge in [0.2, 0.25) is 0 Å². The number of ether oxygens (including phenoxy) is 1. The molecule has 1 heterocycles. The number of carbonyl (C=O) groups excluding carboxylic acids is 1. The van der Waals surface area contributed by atoms with Crippen molar-refractivity contribution >= 4 is 28.9 Å². The molecule has 0 bridgehead atoms. The van der Waals surface area contributed by atoms with Gasteiger partial charge in [-0.2, -0.15) is 0 Å². The second kappa shape index (κ2) is 3.59. The number of hydrogen-bond acceptors (Lipinski definition) is 3. The van der Waals surface area contributed by atoms with E-state index in [-0.39, 0.29) is 0 Å². The standard InChI is InChI=1S/C11H9ClO3/c1-6-7-3-8(12)10(14-2)4-9(7)15-11(6)5-13/h3-5H,1-2H3. The summed E-state index contributed by atoms with van der Waals surface area (Å²) in [4.78, 5) is 10.7. The number of methoxy groups -OCH3 is 1. The van der Waals surface area contributed by atoms with Crippen LogP contribution in [0, 0.1) is 6.92 Å². The van der Waals surface area contributed by atoms with Crippen LogP contribution in [-0.2, 0) is 0 Å². The number of benzene rings is 1. The van der Waals surface area contributed by atoms with Gasteiger partial charge in [0.25, 0.3) is 0 Å².